The molecule has 0 bridgehead atoms. The Morgan fingerprint density at radius 3 is 2.30 bits per heavy atom. The highest BCUT2D eigenvalue weighted by atomic mass is 19.4. The quantitative estimate of drug-likeness (QED) is 0.874. The molecule has 5 heteroatoms. The molecule has 1 aliphatic rings. The molecular formula is C15H20F3NO. The van der Waals surface area contributed by atoms with Crippen LogP contribution in [-0.2, 0) is 6.54 Å². The van der Waals surface area contributed by atoms with E-state index in [2.05, 4.69) is 17.0 Å². The number of halogens is 3. The molecule has 1 aromatic rings. The van der Waals surface area contributed by atoms with E-state index in [1.165, 1.54) is 37.8 Å². The molecule has 1 aliphatic carbocycles. The average molecular weight is 287 g/mol. The molecule has 0 saturated heterocycles. The van der Waals surface area contributed by atoms with Crippen molar-refractivity contribution in [3.63, 3.8) is 0 Å². The number of alkyl halides is 3. The average Bonchev–Trinajstić information content (AvgIpc) is 2.77. The van der Waals surface area contributed by atoms with Crippen molar-refractivity contribution in [3.8, 4) is 5.75 Å². The second kappa shape index (κ2) is 6.04. The maximum Gasteiger partial charge on any atom is 0.573 e. The van der Waals surface area contributed by atoms with E-state index < -0.39 is 6.36 Å². The summed E-state index contributed by atoms with van der Waals surface area (Å²) in [6.45, 7) is 3.91. The van der Waals surface area contributed by atoms with Crippen molar-refractivity contribution < 1.29 is 17.9 Å². The van der Waals surface area contributed by atoms with Gasteiger partial charge in [-0.25, -0.2) is 0 Å². The summed E-state index contributed by atoms with van der Waals surface area (Å²) < 4.78 is 39.9. The van der Waals surface area contributed by atoms with Crippen LogP contribution in [0.15, 0.2) is 24.3 Å². The van der Waals surface area contributed by atoms with Gasteiger partial charge in [-0.05, 0) is 36.0 Å². The first-order valence-corrected chi connectivity index (χ1v) is 6.92. The summed E-state index contributed by atoms with van der Waals surface area (Å²) in [6, 6.07) is 6.01. The number of rotatable bonds is 5. The van der Waals surface area contributed by atoms with Crippen LogP contribution in [-0.4, -0.2) is 12.9 Å². The van der Waals surface area contributed by atoms with E-state index in [0.29, 0.717) is 12.0 Å². The predicted octanol–water partition coefficient (Wildman–Crippen LogP) is 4.26. The fourth-order valence-electron chi connectivity index (χ4n) is 2.72. The van der Waals surface area contributed by atoms with Crippen LogP contribution in [0.5, 0.6) is 5.75 Å². The van der Waals surface area contributed by atoms with E-state index in [-0.39, 0.29) is 5.75 Å². The standard InChI is InChI=1S/C15H20F3NO/c1-14(8-2-3-9-14)11-19-10-12-4-6-13(7-5-12)20-15(16,17)18/h4-7,19H,2-3,8-11H2,1H3. The molecule has 0 aliphatic heterocycles. The summed E-state index contributed by atoms with van der Waals surface area (Å²) in [4.78, 5) is 0. The van der Waals surface area contributed by atoms with Crippen molar-refractivity contribution in [3.05, 3.63) is 29.8 Å². The van der Waals surface area contributed by atoms with Gasteiger partial charge in [0.15, 0.2) is 0 Å². The van der Waals surface area contributed by atoms with Crippen LogP contribution < -0.4 is 10.1 Å². The van der Waals surface area contributed by atoms with Crippen molar-refractivity contribution in [1.82, 2.24) is 5.32 Å². The number of hydrogen-bond acceptors (Lipinski definition) is 2. The zero-order chi connectivity index (χ0) is 14.6. The lowest BCUT2D eigenvalue weighted by molar-refractivity contribution is -0.274. The lowest BCUT2D eigenvalue weighted by Gasteiger charge is -2.23. The van der Waals surface area contributed by atoms with Crippen LogP contribution >= 0.6 is 0 Å². The first kappa shape index (κ1) is 15.2. The summed E-state index contributed by atoms with van der Waals surface area (Å²) >= 11 is 0. The van der Waals surface area contributed by atoms with Gasteiger partial charge in [-0.1, -0.05) is 31.9 Å². The minimum atomic E-state index is -4.63. The minimum absolute atomic E-state index is 0.177. The maximum atomic E-state index is 12.0. The molecule has 0 spiro atoms. The van der Waals surface area contributed by atoms with E-state index in [4.69, 9.17) is 0 Å². The zero-order valence-corrected chi connectivity index (χ0v) is 11.6. The first-order valence-electron chi connectivity index (χ1n) is 6.92. The van der Waals surface area contributed by atoms with Gasteiger partial charge < -0.3 is 10.1 Å². The topological polar surface area (TPSA) is 21.3 Å². The minimum Gasteiger partial charge on any atom is -0.406 e. The van der Waals surface area contributed by atoms with E-state index >= 15 is 0 Å². The van der Waals surface area contributed by atoms with Gasteiger partial charge in [0.05, 0.1) is 0 Å². The number of benzene rings is 1. The van der Waals surface area contributed by atoms with Gasteiger partial charge >= 0.3 is 6.36 Å². The smallest absolute Gasteiger partial charge is 0.406 e. The Kier molecular flexibility index (Phi) is 4.58. The largest absolute Gasteiger partial charge is 0.573 e. The van der Waals surface area contributed by atoms with Crippen molar-refractivity contribution in [2.45, 2.75) is 45.5 Å². The fourth-order valence-corrected chi connectivity index (χ4v) is 2.72. The molecule has 20 heavy (non-hydrogen) atoms. The third-order valence-corrected chi connectivity index (χ3v) is 3.85. The van der Waals surface area contributed by atoms with Crippen molar-refractivity contribution >= 4 is 0 Å². The molecule has 0 atom stereocenters. The molecular weight excluding hydrogens is 267 g/mol. The van der Waals surface area contributed by atoms with E-state index in [9.17, 15) is 13.2 Å². The van der Waals surface area contributed by atoms with Gasteiger partial charge in [-0.2, -0.15) is 0 Å². The fraction of sp³-hybridized carbons (Fsp3) is 0.600. The highest BCUT2D eigenvalue weighted by Gasteiger charge is 2.31. The first-order chi connectivity index (χ1) is 9.36. The lowest BCUT2D eigenvalue weighted by atomic mass is 9.89. The van der Waals surface area contributed by atoms with Gasteiger partial charge in [-0.3, -0.25) is 0 Å². The van der Waals surface area contributed by atoms with Crippen LogP contribution in [0.3, 0.4) is 0 Å². The van der Waals surface area contributed by atoms with Gasteiger partial charge in [-0.15, -0.1) is 13.2 Å². The van der Waals surface area contributed by atoms with Crippen molar-refractivity contribution in [2.24, 2.45) is 5.41 Å². The summed E-state index contributed by atoms with van der Waals surface area (Å²) in [5.74, 6) is -0.177. The molecule has 1 saturated carbocycles. The Balaban J connectivity index is 1.79. The van der Waals surface area contributed by atoms with Crippen molar-refractivity contribution in [1.29, 1.82) is 0 Å². The van der Waals surface area contributed by atoms with Gasteiger partial charge in [0.2, 0.25) is 0 Å². The van der Waals surface area contributed by atoms with Gasteiger partial charge in [0, 0.05) is 13.1 Å². The zero-order valence-electron chi connectivity index (χ0n) is 11.6. The number of nitrogens with one attached hydrogen (secondary N) is 1. The molecule has 1 aromatic carbocycles. The molecule has 0 heterocycles. The molecule has 0 unspecified atom stereocenters. The van der Waals surface area contributed by atoms with Crippen molar-refractivity contribution in [2.75, 3.05) is 6.54 Å². The van der Waals surface area contributed by atoms with Crippen LogP contribution in [0, 0.1) is 5.41 Å². The molecule has 0 aromatic heterocycles. The summed E-state index contributed by atoms with van der Waals surface area (Å²) in [5, 5.41) is 3.39. The lowest BCUT2D eigenvalue weighted by Crippen LogP contribution is -2.29. The van der Waals surface area contributed by atoms with E-state index in [0.717, 1.165) is 12.1 Å². The second-order valence-electron chi connectivity index (χ2n) is 5.81. The van der Waals surface area contributed by atoms with Crippen LogP contribution in [0.1, 0.15) is 38.2 Å². The summed E-state index contributed by atoms with van der Waals surface area (Å²) in [7, 11) is 0. The van der Waals surface area contributed by atoms with Crippen LogP contribution in [0.4, 0.5) is 13.2 Å². The maximum absolute atomic E-state index is 12.0. The third-order valence-electron chi connectivity index (χ3n) is 3.85. The Morgan fingerprint density at radius 1 is 1.15 bits per heavy atom. The molecule has 112 valence electrons. The van der Waals surface area contributed by atoms with E-state index in [1.807, 2.05) is 0 Å². The molecule has 0 amide bonds. The monoisotopic (exact) mass is 287 g/mol. The highest BCUT2D eigenvalue weighted by molar-refractivity contribution is 5.27. The Labute approximate surface area is 117 Å². The van der Waals surface area contributed by atoms with Gasteiger partial charge in [0.1, 0.15) is 5.75 Å². The highest BCUT2D eigenvalue weighted by Crippen LogP contribution is 2.36. The Bertz CT molecular complexity index is 422. The SMILES string of the molecule is CC1(CNCc2ccc(OC(F)(F)F)cc2)CCCC1. The van der Waals surface area contributed by atoms with E-state index in [1.54, 1.807) is 12.1 Å². The Morgan fingerprint density at radius 2 is 1.75 bits per heavy atom. The van der Waals surface area contributed by atoms with Gasteiger partial charge in [0.25, 0.3) is 0 Å². The normalized spacial score (nSPS) is 18.2. The number of hydrogen-bond donors (Lipinski definition) is 1. The molecule has 2 rings (SSSR count). The van der Waals surface area contributed by atoms with Crippen LogP contribution in [0.25, 0.3) is 0 Å². The second-order valence-corrected chi connectivity index (χ2v) is 5.81. The Hall–Kier alpha value is -1.23. The molecule has 1 fully saturated rings. The molecule has 0 radical (unpaired) electrons. The van der Waals surface area contributed by atoms with Crippen LogP contribution in [0.2, 0.25) is 0 Å². The molecule has 1 N–H and O–H groups in total. The third kappa shape index (κ3) is 4.71. The molecule has 2 nitrogen and oxygen atoms in total. The summed E-state index contributed by atoms with van der Waals surface area (Å²) in [6.07, 6.45) is 0.455. The predicted molar refractivity (Wildman–Crippen MR) is 71.4 cm³/mol. The summed E-state index contributed by atoms with van der Waals surface area (Å²) in [5.41, 5.74) is 1.33. The number of ether oxygens (including phenoxy) is 1.